The van der Waals surface area contributed by atoms with Crippen molar-refractivity contribution in [1.29, 1.82) is 0 Å². The van der Waals surface area contributed by atoms with Crippen LogP contribution in [0.2, 0.25) is 0 Å². The molecule has 8 heteroatoms. The van der Waals surface area contributed by atoms with Crippen LogP contribution < -0.4 is 15.1 Å². The number of carbonyl (C=O) groups excluding carboxylic acids is 3. The van der Waals surface area contributed by atoms with Crippen LogP contribution in [0.15, 0.2) is 24.3 Å². The Morgan fingerprint density at radius 2 is 1.64 bits per heavy atom. The first-order valence-corrected chi connectivity index (χ1v) is 8.43. The van der Waals surface area contributed by atoms with Gasteiger partial charge < -0.3 is 14.9 Å². The van der Waals surface area contributed by atoms with Crippen LogP contribution in [0.1, 0.15) is 12.8 Å². The number of nitrogens with one attached hydrogen (secondary N) is 1. The molecule has 0 aliphatic carbocycles. The third-order valence-electron chi connectivity index (χ3n) is 4.54. The monoisotopic (exact) mass is 346 g/mol. The van der Waals surface area contributed by atoms with E-state index in [9.17, 15) is 14.4 Å². The van der Waals surface area contributed by atoms with Crippen LogP contribution in [-0.4, -0.2) is 67.2 Å². The first-order chi connectivity index (χ1) is 12.1. The normalized spacial score (nSPS) is 18.4. The van der Waals surface area contributed by atoms with Crippen molar-refractivity contribution in [2.45, 2.75) is 12.8 Å². The van der Waals surface area contributed by atoms with Gasteiger partial charge in [0.1, 0.15) is 0 Å². The van der Waals surface area contributed by atoms with Crippen molar-refractivity contribution in [1.82, 2.24) is 10.2 Å². The van der Waals surface area contributed by atoms with Gasteiger partial charge in [0.25, 0.3) is 0 Å². The number of amides is 4. The van der Waals surface area contributed by atoms with Crippen LogP contribution >= 0.6 is 0 Å². The molecule has 0 unspecified atom stereocenters. The van der Waals surface area contributed by atoms with Crippen molar-refractivity contribution < 1.29 is 19.5 Å². The maximum absolute atomic E-state index is 11.9. The molecule has 0 atom stereocenters. The standard InChI is InChI=1S/C17H22N4O4/c22-12-6-16(24)20-10-8-19(9-11-20)13-1-3-14(4-2-13)21-7-5-15(23)18-17(21)25/h1-4,22H,5-12H2,(H,18,23,25). The van der Waals surface area contributed by atoms with E-state index in [-0.39, 0.29) is 30.9 Å². The van der Waals surface area contributed by atoms with Gasteiger partial charge in [-0.3, -0.25) is 19.8 Å². The summed E-state index contributed by atoms with van der Waals surface area (Å²) in [5.74, 6) is -0.255. The summed E-state index contributed by atoms with van der Waals surface area (Å²) in [5.41, 5.74) is 1.79. The average molecular weight is 346 g/mol. The Bertz CT molecular complexity index is 653. The quantitative estimate of drug-likeness (QED) is 0.810. The fourth-order valence-electron chi connectivity index (χ4n) is 3.12. The molecular weight excluding hydrogens is 324 g/mol. The molecule has 0 aromatic heterocycles. The maximum Gasteiger partial charge on any atom is 0.328 e. The number of piperazine rings is 1. The minimum absolute atomic E-state index is 0.0110. The summed E-state index contributed by atoms with van der Waals surface area (Å²) in [6, 6.07) is 7.25. The highest BCUT2D eigenvalue weighted by Crippen LogP contribution is 2.23. The van der Waals surface area contributed by atoms with Gasteiger partial charge in [-0.15, -0.1) is 0 Å². The maximum atomic E-state index is 11.9. The van der Waals surface area contributed by atoms with E-state index in [0.717, 1.165) is 24.5 Å². The number of hydrogen-bond acceptors (Lipinski definition) is 5. The molecule has 2 aliphatic heterocycles. The number of aliphatic hydroxyl groups excluding tert-OH is 1. The lowest BCUT2D eigenvalue weighted by molar-refractivity contribution is -0.132. The van der Waals surface area contributed by atoms with E-state index in [1.54, 1.807) is 9.80 Å². The molecule has 0 bridgehead atoms. The fraction of sp³-hybridized carbons (Fsp3) is 0.471. The summed E-state index contributed by atoms with van der Waals surface area (Å²) in [6.07, 6.45) is 0.479. The van der Waals surface area contributed by atoms with Crippen LogP contribution in [-0.2, 0) is 9.59 Å². The third kappa shape index (κ3) is 3.90. The number of imide groups is 1. The molecule has 2 fully saturated rings. The lowest BCUT2D eigenvalue weighted by atomic mass is 10.2. The van der Waals surface area contributed by atoms with E-state index in [2.05, 4.69) is 10.2 Å². The number of aliphatic hydroxyl groups is 1. The molecule has 8 nitrogen and oxygen atoms in total. The summed E-state index contributed by atoms with van der Waals surface area (Å²) in [4.78, 5) is 40.4. The van der Waals surface area contributed by atoms with Crippen molar-refractivity contribution in [2.75, 3.05) is 49.1 Å². The lowest BCUT2D eigenvalue weighted by Gasteiger charge is -2.36. The smallest absolute Gasteiger partial charge is 0.328 e. The lowest BCUT2D eigenvalue weighted by Crippen LogP contribution is -2.49. The molecule has 4 amide bonds. The largest absolute Gasteiger partial charge is 0.396 e. The van der Waals surface area contributed by atoms with Gasteiger partial charge >= 0.3 is 6.03 Å². The van der Waals surface area contributed by atoms with E-state index in [4.69, 9.17) is 5.11 Å². The Kier molecular flexibility index (Phi) is 5.18. The molecule has 2 saturated heterocycles. The highest BCUT2D eigenvalue weighted by atomic mass is 16.3. The van der Waals surface area contributed by atoms with Crippen molar-refractivity contribution in [3.63, 3.8) is 0 Å². The Labute approximate surface area is 146 Å². The van der Waals surface area contributed by atoms with Gasteiger partial charge in [0.05, 0.1) is 6.61 Å². The van der Waals surface area contributed by atoms with Crippen LogP contribution in [0, 0.1) is 0 Å². The number of carbonyl (C=O) groups is 3. The summed E-state index contributed by atoms with van der Waals surface area (Å²) < 4.78 is 0. The van der Waals surface area contributed by atoms with Crippen molar-refractivity contribution in [3.05, 3.63) is 24.3 Å². The average Bonchev–Trinajstić information content (AvgIpc) is 2.62. The molecule has 2 N–H and O–H groups in total. The molecule has 2 aliphatic rings. The zero-order valence-corrected chi connectivity index (χ0v) is 14.0. The number of nitrogens with zero attached hydrogens (tertiary/aromatic N) is 3. The van der Waals surface area contributed by atoms with Crippen LogP contribution in [0.4, 0.5) is 16.2 Å². The number of benzene rings is 1. The fourth-order valence-corrected chi connectivity index (χ4v) is 3.12. The molecule has 25 heavy (non-hydrogen) atoms. The molecule has 0 saturated carbocycles. The molecule has 134 valence electrons. The Balaban J connectivity index is 1.59. The zero-order valence-electron chi connectivity index (χ0n) is 14.0. The number of rotatable bonds is 4. The SMILES string of the molecule is O=C1CCN(c2ccc(N3CCN(C(=O)CCO)CC3)cc2)C(=O)N1. The Hall–Kier alpha value is -2.61. The number of hydrogen-bond donors (Lipinski definition) is 2. The molecule has 1 aromatic carbocycles. The summed E-state index contributed by atoms with van der Waals surface area (Å²) >= 11 is 0. The molecule has 0 radical (unpaired) electrons. The van der Waals surface area contributed by atoms with Gasteiger partial charge in [-0.2, -0.15) is 0 Å². The van der Waals surface area contributed by atoms with E-state index in [1.807, 2.05) is 24.3 Å². The highest BCUT2D eigenvalue weighted by Gasteiger charge is 2.25. The molecular formula is C17H22N4O4. The second kappa shape index (κ2) is 7.52. The second-order valence-corrected chi connectivity index (χ2v) is 6.11. The molecule has 1 aromatic rings. The summed E-state index contributed by atoms with van der Waals surface area (Å²) in [7, 11) is 0. The second-order valence-electron chi connectivity index (χ2n) is 6.11. The summed E-state index contributed by atoms with van der Waals surface area (Å²) in [5, 5.41) is 11.2. The van der Waals surface area contributed by atoms with Crippen LogP contribution in [0.3, 0.4) is 0 Å². The zero-order chi connectivity index (χ0) is 17.8. The van der Waals surface area contributed by atoms with E-state index < -0.39 is 0 Å². The van der Waals surface area contributed by atoms with Gasteiger partial charge in [-0.05, 0) is 24.3 Å². The molecule has 0 spiro atoms. The van der Waals surface area contributed by atoms with Crippen molar-refractivity contribution >= 4 is 29.2 Å². The minimum atomic E-state index is -0.389. The van der Waals surface area contributed by atoms with E-state index in [0.29, 0.717) is 26.1 Å². The van der Waals surface area contributed by atoms with Gasteiger partial charge in [-0.1, -0.05) is 0 Å². The van der Waals surface area contributed by atoms with Gasteiger partial charge in [0.2, 0.25) is 11.8 Å². The van der Waals surface area contributed by atoms with Gasteiger partial charge in [0, 0.05) is 56.9 Å². The summed E-state index contributed by atoms with van der Waals surface area (Å²) in [6.45, 7) is 3.00. The van der Waals surface area contributed by atoms with Crippen molar-refractivity contribution in [2.24, 2.45) is 0 Å². The Morgan fingerprint density at radius 3 is 2.24 bits per heavy atom. The van der Waals surface area contributed by atoms with Gasteiger partial charge in [0.15, 0.2) is 0 Å². The van der Waals surface area contributed by atoms with Gasteiger partial charge in [-0.25, -0.2) is 4.79 Å². The van der Waals surface area contributed by atoms with Crippen molar-refractivity contribution in [3.8, 4) is 0 Å². The van der Waals surface area contributed by atoms with E-state index >= 15 is 0 Å². The molecule has 3 rings (SSSR count). The highest BCUT2D eigenvalue weighted by molar-refractivity contribution is 6.05. The van der Waals surface area contributed by atoms with Crippen LogP contribution in [0.5, 0.6) is 0 Å². The first-order valence-electron chi connectivity index (χ1n) is 8.43. The minimum Gasteiger partial charge on any atom is -0.396 e. The first kappa shape index (κ1) is 17.2. The predicted octanol–water partition coefficient (Wildman–Crippen LogP) is 0.164. The topological polar surface area (TPSA) is 93.2 Å². The number of anilines is 2. The van der Waals surface area contributed by atoms with E-state index in [1.165, 1.54) is 0 Å². The third-order valence-corrected chi connectivity index (χ3v) is 4.54. The Morgan fingerprint density at radius 1 is 1.00 bits per heavy atom. The van der Waals surface area contributed by atoms with Crippen LogP contribution in [0.25, 0.3) is 0 Å². The number of urea groups is 1. The predicted molar refractivity (Wildman–Crippen MR) is 92.4 cm³/mol. The molecule has 2 heterocycles.